The fourth-order valence-electron chi connectivity index (χ4n) is 2.84. The lowest BCUT2D eigenvalue weighted by atomic mass is 10.2. The lowest BCUT2D eigenvalue weighted by Gasteiger charge is -2.09. The van der Waals surface area contributed by atoms with Crippen LogP contribution in [-0.2, 0) is 0 Å². The van der Waals surface area contributed by atoms with Crippen LogP contribution in [0.5, 0.6) is 11.5 Å². The quantitative estimate of drug-likeness (QED) is 0.414. The van der Waals surface area contributed by atoms with Gasteiger partial charge in [0.05, 0.1) is 24.9 Å². The second-order valence-corrected chi connectivity index (χ2v) is 6.47. The second kappa shape index (κ2) is 8.05. The van der Waals surface area contributed by atoms with E-state index < -0.39 is 0 Å². The van der Waals surface area contributed by atoms with Crippen LogP contribution in [0, 0.1) is 6.92 Å². The molecule has 0 saturated carbocycles. The number of aryl methyl sites for hydroxylation is 1. The van der Waals surface area contributed by atoms with Gasteiger partial charge >= 0.3 is 0 Å². The zero-order valence-electron chi connectivity index (χ0n) is 15.5. The molecule has 0 radical (unpaired) electrons. The van der Waals surface area contributed by atoms with Gasteiger partial charge in [-0.25, -0.2) is 0 Å². The number of ether oxygens (including phenoxy) is 2. The molecule has 5 nitrogen and oxygen atoms in total. The van der Waals surface area contributed by atoms with Crippen LogP contribution in [0.15, 0.2) is 80.6 Å². The molecule has 2 heterocycles. The third kappa shape index (κ3) is 4.09. The largest absolute Gasteiger partial charge is 0.493 e. The van der Waals surface area contributed by atoms with Crippen LogP contribution in [-0.4, -0.2) is 13.2 Å². The lowest BCUT2D eigenvalue weighted by molar-refractivity contribution is 0.247. The van der Waals surface area contributed by atoms with Crippen molar-refractivity contribution in [3.05, 3.63) is 82.7 Å². The Morgan fingerprint density at radius 3 is 2.36 bits per heavy atom. The van der Waals surface area contributed by atoms with Crippen molar-refractivity contribution in [2.75, 3.05) is 13.2 Å². The molecule has 28 heavy (non-hydrogen) atoms. The van der Waals surface area contributed by atoms with E-state index >= 15 is 0 Å². The van der Waals surface area contributed by atoms with Gasteiger partial charge in [-0.2, -0.15) is 0 Å². The van der Waals surface area contributed by atoms with E-state index in [1.54, 1.807) is 36.6 Å². The first-order chi connectivity index (χ1) is 13.7. The van der Waals surface area contributed by atoms with Crippen molar-refractivity contribution in [1.29, 1.82) is 0 Å². The summed E-state index contributed by atoms with van der Waals surface area (Å²) >= 11 is 0. The van der Waals surface area contributed by atoms with Gasteiger partial charge in [-0.15, -0.1) is 0 Å². The summed E-state index contributed by atoms with van der Waals surface area (Å²) in [4.78, 5) is 12.4. The fourth-order valence-corrected chi connectivity index (χ4v) is 2.84. The summed E-state index contributed by atoms with van der Waals surface area (Å²) in [6.07, 6.45) is 2.27. The summed E-state index contributed by atoms with van der Waals surface area (Å²) in [6.45, 7) is 3.10. The first-order valence-electron chi connectivity index (χ1n) is 9.13. The molecule has 0 amide bonds. The SMILES string of the molecule is Cc1ccc(OCCCOc2ccc3oc(-c4ccco4)cc(=O)c3c2)cc1. The molecule has 0 bridgehead atoms. The number of hydrogen-bond donors (Lipinski definition) is 0. The molecule has 0 saturated heterocycles. The van der Waals surface area contributed by atoms with Gasteiger partial charge < -0.3 is 18.3 Å². The highest BCUT2D eigenvalue weighted by atomic mass is 16.5. The number of fused-ring (bicyclic) bond motifs is 1. The fraction of sp³-hybridized carbons (Fsp3) is 0.174. The first kappa shape index (κ1) is 17.9. The summed E-state index contributed by atoms with van der Waals surface area (Å²) in [7, 11) is 0. The monoisotopic (exact) mass is 376 g/mol. The minimum Gasteiger partial charge on any atom is -0.493 e. The van der Waals surface area contributed by atoms with Crippen molar-refractivity contribution < 1.29 is 18.3 Å². The normalized spacial score (nSPS) is 10.9. The lowest BCUT2D eigenvalue weighted by Crippen LogP contribution is -2.06. The molecule has 4 rings (SSSR count). The molecule has 5 heteroatoms. The van der Waals surface area contributed by atoms with Crippen LogP contribution < -0.4 is 14.9 Å². The van der Waals surface area contributed by atoms with Crippen LogP contribution in [0.4, 0.5) is 0 Å². The average molecular weight is 376 g/mol. The van der Waals surface area contributed by atoms with Crippen molar-refractivity contribution in [2.45, 2.75) is 13.3 Å². The summed E-state index contributed by atoms with van der Waals surface area (Å²) in [5, 5.41) is 0.476. The highest BCUT2D eigenvalue weighted by Crippen LogP contribution is 2.25. The zero-order chi connectivity index (χ0) is 19.3. The molecule has 4 aromatic rings. The molecule has 0 aliphatic carbocycles. The molecule has 0 atom stereocenters. The Kier molecular flexibility index (Phi) is 5.15. The van der Waals surface area contributed by atoms with Gasteiger partial charge in [0.15, 0.2) is 16.9 Å². The maximum Gasteiger partial charge on any atom is 0.193 e. The summed E-state index contributed by atoms with van der Waals surface area (Å²) < 4.78 is 22.5. The molecule has 2 aromatic heterocycles. The van der Waals surface area contributed by atoms with Gasteiger partial charge in [0.1, 0.15) is 17.1 Å². The molecule has 0 N–H and O–H groups in total. The van der Waals surface area contributed by atoms with Gasteiger partial charge in [0, 0.05) is 12.5 Å². The third-order valence-electron chi connectivity index (χ3n) is 4.31. The van der Waals surface area contributed by atoms with Crippen molar-refractivity contribution in [3.63, 3.8) is 0 Å². The maximum atomic E-state index is 12.4. The highest BCUT2D eigenvalue weighted by molar-refractivity contribution is 5.79. The Hall–Kier alpha value is -3.47. The van der Waals surface area contributed by atoms with E-state index in [4.69, 9.17) is 18.3 Å². The molecule has 0 aliphatic rings. The predicted octanol–water partition coefficient (Wildman–Crippen LogP) is 5.21. The summed E-state index contributed by atoms with van der Waals surface area (Å²) in [5.41, 5.74) is 1.56. The van der Waals surface area contributed by atoms with Gasteiger partial charge in [-0.05, 0) is 49.4 Å². The van der Waals surface area contributed by atoms with Gasteiger partial charge in [0.2, 0.25) is 0 Å². The Morgan fingerprint density at radius 2 is 1.61 bits per heavy atom. The number of hydrogen-bond acceptors (Lipinski definition) is 5. The topological polar surface area (TPSA) is 61.8 Å². The molecule has 0 fully saturated rings. The van der Waals surface area contributed by atoms with E-state index in [1.807, 2.05) is 31.2 Å². The van der Waals surface area contributed by atoms with E-state index in [0.29, 0.717) is 41.5 Å². The van der Waals surface area contributed by atoms with Crippen LogP contribution in [0.1, 0.15) is 12.0 Å². The second-order valence-electron chi connectivity index (χ2n) is 6.47. The molecular weight excluding hydrogens is 356 g/mol. The molecule has 0 spiro atoms. The molecule has 0 aliphatic heterocycles. The first-order valence-corrected chi connectivity index (χ1v) is 9.13. The number of benzene rings is 2. The Balaban J connectivity index is 1.36. The number of rotatable bonds is 7. The Labute approximate surface area is 162 Å². The van der Waals surface area contributed by atoms with E-state index in [-0.39, 0.29) is 5.43 Å². The molecule has 142 valence electrons. The summed E-state index contributed by atoms with van der Waals surface area (Å²) in [5.74, 6) is 2.40. The number of furan rings is 1. The molecular formula is C23H20O5. The minimum atomic E-state index is -0.138. The molecule has 0 unspecified atom stereocenters. The van der Waals surface area contributed by atoms with Gasteiger partial charge in [-0.1, -0.05) is 17.7 Å². The van der Waals surface area contributed by atoms with Crippen molar-refractivity contribution in [1.82, 2.24) is 0 Å². The van der Waals surface area contributed by atoms with Crippen LogP contribution >= 0.6 is 0 Å². The predicted molar refractivity (Wildman–Crippen MR) is 107 cm³/mol. The Morgan fingerprint density at radius 1 is 0.857 bits per heavy atom. The van der Waals surface area contributed by atoms with Crippen molar-refractivity contribution in [3.8, 4) is 23.0 Å². The highest BCUT2D eigenvalue weighted by Gasteiger charge is 2.10. The molecule has 2 aromatic carbocycles. The van der Waals surface area contributed by atoms with Crippen LogP contribution in [0.3, 0.4) is 0 Å². The standard InChI is InChI=1S/C23H20O5/c1-16-5-7-17(8-6-16)25-12-3-13-26-18-9-10-21-19(14-18)20(24)15-23(28-21)22-4-2-11-27-22/h2,4-11,14-15H,3,12-13H2,1H3. The zero-order valence-corrected chi connectivity index (χ0v) is 15.5. The van der Waals surface area contributed by atoms with E-state index in [0.717, 1.165) is 12.2 Å². The minimum absolute atomic E-state index is 0.138. The van der Waals surface area contributed by atoms with E-state index in [2.05, 4.69) is 0 Å². The third-order valence-corrected chi connectivity index (χ3v) is 4.31. The van der Waals surface area contributed by atoms with Crippen molar-refractivity contribution in [2.24, 2.45) is 0 Å². The van der Waals surface area contributed by atoms with E-state index in [9.17, 15) is 4.79 Å². The van der Waals surface area contributed by atoms with Crippen molar-refractivity contribution >= 4 is 11.0 Å². The smallest absolute Gasteiger partial charge is 0.193 e. The van der Waals surface area contributed by atoms with Crippen LogP contribution in [0.2, 0.25) is 0 Å². The van der Waals surface area contributed by atoms with Crippen LogP contribution in [0.25, 0.3) is 22.5 Å². The van der Waals surface area contributed by atoms with E-state index in [1.165, 1.54) is 11.6 Å². The average Bonchev–Trinajstić information content (AvgIpc) is 3.24. The Bertz CT molecular complexity index is 1110. The maximum absolute atomic E-state index is 12.4. The summed E-state index contributed by atoms with van der Waals surface area (Å²) in [6, 6.07) is 18.1. The van der Waals surface area contributed by atoms with Gasteiger partial charge in [0.25, 0.3) is 0 Å². The van der Waals surface area contributed by atoms with Gasteiger partial charge in [-0.3, -0.25) is 4.79 Å².